The minimum Gasteiger partial charge on any atom is -0.397 e. The van der Waals surface area contributed by atoms with E-state index in [1.807, 2.05) is 70.2 Å². The van der Waals surface area contributed by atoms with E-state index in [0.717, 1.165) is 16.8 Å². The van der Waals surface area contributed by atoms with Gasteiger partial charge in [0.05, 0.1) is 11.4 Å². The Kier molecular flexibility index (Phi) is 6.27. The zero-order chi connectivity index (χ0) is 15.8. The molecule has 0 radical (unpaired) electrons. The number of nitrogens with one attached hydrogen (secondary N) is 2. The van der Waals surface area contributed by atoms with E-state index in [4.69, 9.17) is 5.73 Å². The molecule has 0 bridgehead atoms. The average molecular weight is 285 g/mol. The van der Waals surface area contributed by atoms with Gasteiger partial charge in [-0.2, -0.15) is 0 Å². The molecule has 0 aliphatic carbocycles. The lowest BCUT2D eigenvalue weighted by Gasteiger charge is -2.12. The van der Waals surface area contributed by atoms with Crippen molar-refractivity contribution in [1.82, 2.24) is 0 Å². The van der Waals surface area contributed by atoms with Crippen LogP contribution < -0.4 is 16.4 Å². The van der Waals surface area contributed by atoms with E-state index in [0.29, 0.717) is 11.4 Å². The number of aryl methyl sites for hydroxylation is 2. The molecule has 0 fully saturated rings. The van der Waals surface area contributed by atoms with Crippen LogP contribution in [0.15, 0.2) is 42.5 Å². The maximum Gasteiger partial charge on any atom is 0.323 e. The van der Waals surface area contributed by atoms with Gasteiger partial charge in [-0.25, -0.2) is 4.79 Å². The molecule has 0 aliphatic rings. The van der Waals surface area contributed by atoms with Gasteiger partial charge in [0, 0.05) is 5.69 Å². The van der Waals surface area contributed by atoms with Crippen LogP contribution in [0.2, 0.25) is 0 Å². The highest BCUT2D eigenvalue weighted by atomic mass is 16.2. The second-order valence-electron chi connectivity index (χ2n) is 4.47. The van der Waals surface area contributed by atoms with Crippen LogP contribution >= 0.6 is 0 Å². The molecule has 0 saturated carbocycles. The van der Waals surface area contributed by atoms with E-state index in [1.54, 1.807) is 0 Å². The van der Waals surface area contributed by atoms with Gasteiger partial charge in [0.2, 0.25) is 0 Å². The van der Waals surface area contributed by atoms with Crippen molar-refractivity contribution in [3.63, 3.8) is 0 Å². The first kappa shape index (κ1) is 16.6. The SMILES string of the molecule is CC.Cc1cc(N)c(NC(=O)Nc2ccccc2)cc1C. The van der Waals surface area contributed by atoms with Crippen molar-refractivity contribution in [3.05, 3.63) is 53.6 Å². The number of nitrogens with two attached hydrogens (primary N) is 1. The van der Waals surface area contributed by atoms with Gasteiger partial charge in [-0.15, -0.1) is 0 Å². The largest absolute Gasteiger partial charge is 0.397 e. The molecule has 0 atom stereocenters. The normalized spacial score (nSPS) is 9.33. The van der Waals surface area contributed by atoms with Gasteiger partial charge >= 0.3 is 6.03 Å². The van der Waals surface area contributed by atoms with Crippen molar-refractivity contribution in [3.8, 4) is 0 Å². The highest BCUT2D eigenvalue weighted by Crippen LogP contribution is 2.23. The predicted octanol–water partition coefficient (Wildman–Crippen LogP) is 4.56. The summed E-state index contributed by atoms with van der Waals surface area (Å²) in [6.45, 7) is 7.97. The van der Waals surface area contributed by atoms with E-state index in [-0.39, 0.29) is 6.03 Å². The van der Waals surface area contributed by atoms with Gasteiger partial charge in [0.1, 0.15) is 0 Å². The Balaban J connectivity index is 0.00000106. The van der Waals surface area contributed by atoms with E-state index in [1.165, 1.54) is 0 Å². The highest BCUT2D eigenvalue weighted by molar-refractivity contribution is 6.01. The van der Waals surface area contributed by atoms with E-state index in [9.17, 15) is 4.79 Å². The van der Waals surface area contributed by atoms with Crippen molar-refractivity contribution in [1.29, 1.82) is 0 Å². The van der Waals surface area contributed by atoms with Crippen LogP contribution in [0.5, 0.6) is 0 Å². The van der Waals surface area contributed by atoms with Crippen molar-refractivity contribution in [2.24, 2.45) is 0 Å². The molecule has 2 aromatic carbocycles. The standard InChI is InChI=1S/C15H17N3O.C2H6/c1-10-8-13(16)14(9-11(10)2)18-15(19)17-12-6-4-3-5-7-12;1-2/h3-9H,16H2,1-2H3,(H2,17,18,19);1-2H3. The minimum absolute atomic E-state index is 0.304. The Labute approximate surface area is 126 Å². The summed E-state index contributed by atoms with van der Waals surface area (Å²) < 4.78 is 0. The summed E-state index contributed by atoms with van der Waals surface area (Å²) >= 11 is 0. The smallest absolute Gasteiger partial charge is 0.323 e. The molecule has 0 heterocycles. The molecule has 0 aliphatic heterocycles. The maximum absolute atomic E-state index is 11.9. The molecular formula is C17H23N3O. The van der Waals surface area contributed by atoms with Crippen LogP contribution in [-0.4, -0.2) is 6.03 Å². The van der Waals surface area contributed by atoms with Gasteiger partial charge in [-0.1, -0.05) is 32.0 Å². The third-order valence-corrected chi connectivity index (χ3v) is 2.95. The Bertz CT molecular complexity index is 594. The fraction of sp³-hybridized carbons (Fsp3) is 0.235. The number of anilines is 3. The molecule has 2 aromatic rings. The van der Waals surface area contributed by atoms with Crippen LogP contribution in [0.25, 0.3) is 0 Å². The highest BCUT2D eigenvalue weighted by Gasteiger charge is 2.07. The minimum atomic E-state index is -0.304. The number of amides is 2. The van der Waals surface area contributed by atoms with Gasteiger partial charge in [0.15, 0.2) is 0 Å². The third kappa shape index (κ3) is 4.84. The molecule has 112 valence electrons. The summed E-state index contributed by atoms with van der Waals surface area (Å²) in [7, 11) is 0. The molecule has 0 spiro atoms. The molecule has 0 aromatic heterocycles. The first-order valence-electron chi connectivity index (χ1n) is 7.06. The summed E-state index contributed by atoms with van der Waals surface area (Å²) in [5.41, 5.74) is 10.0. The van der Waals surface area contributed by atoms with Crippen molar-refractivity contribution < 1.29 is 4.79 Å². The topological polar surface area (TPSA) is 67.1 Å². The number of hydrogen-bond acceptors (Lipinski definition) is 2. The predicted molar refractivity (Wildman–Crippen MR) is 90.8 cm³/mol. The van der Waals surface area contributed by atoms with E-state index >= 15 is 0 Å². The number of benzene rings is 2. The Morgan fingerprint density at radius 1 is 0.952 bits per heavy atom. The molecular weight excluding hydrogens is 262 g/mol. The second-order valence-corrected chi connectivity index (χ2v) is 4.47. The Hall–Kier alpha value is -2.49. The van der Waals surface area contributed by atoms with Gasteiger partial charge in [0.25, 0.3) is 0 Å². The number of nitrogen functional groups attached to an aromatic ring is 1. The molecule has 4 heteroatoms. The number of carbonyl (C=O) groups is 1. The quantitative estimate of drug-likeness (QED) is 0.708. The zero-order valence-electron chi connectivity index (χ0n) is 13.0. The molecule has 4 N–H and O–H groups in total. The lowest BCUT2D eigenvalue weighted by Crippen LogP contribution is -2.20. The Morgan fingerprint density at radius 3 is 2.14 bits per heavy atom. The van der Waals surface area contributed by atoms with Crippen molar-refractivity contribution in [2.45, 2.75) is 27.7 Å². The third-order valence-electron chi connectivity index (χ3n) is 2.95. The van der Waals surface area contributed by atoms with Gasteiger partial charge < -0.3 is 16.4 Å². The first-order valence-corrected chi connectivity index (χ1v) is 7.06. The second kappa shape index (κ2) is 7.94. The molecule has 2 amide bonds. The number of para-hydroxylation sites is 1. The molecule has 0 saturated heterocycles. The summed E-state index contributed by atoms with van der Waals surface area (Å²) in [5, 5.41) is 5.50. The lowest BCUT2D eigenvalue weighted by atomic mass is 10.1. The van der Waals surface area contributed by atoms with E-state index < -0.39 is 0 Å². The molecule has 0 unspecified atom stereocenters. The number of rotatable bonds is 2. The molecule has 21 heavy (non-hydrogen) atoms. The Morgan fingerprint density at radius 2 is 1.52 bits per heavy atom. The fourth-order valence-electron chi connectivity index (χ4n) is 1.75. The summed E-state index contributed by atoms with van der Waals surface area (Å²) in [4.78, 5) is 11.9. The summed E-state index contributed by atoms with van der Waals surface area (Å²) in [6, 6.07) is 12.7. The van der Waals surface area contributed by atoms with Gasteiger partial charge in [-0.3, -0.25) is 0 Å². The number of carbonyl (C=O) groups excluding carboxylic acids is 1. The van der Waals surface area contributed by atoms with Crippen LogP contribution in [0.3, 0.4) is 0 Å². The van der Waals surface area contributed by atoms with E-state index in [2.05, 4.69) is 10.6 Å². The van der Waals surface area contributed by atoms with Crippen molar-refractivity contribution >= 4 is 23.1 Å². The zero-order valence-corrected chi connectivity index (χ0v) is 13.0. The van der Waals surface area contributed by atoms with Gasteiger partial charge in [-0.05, 0) is 49.2 Å². The fourth-order valence-corrected chi connectivity index (χ4v) is 1.75. The first-order chi connectivity index (χ1) is 10.1. The van der Waals surface area contributed by atoms with Crippen LogP contribution in [0.1, 0.15) is 25.0 Å². The van der Waals surface area contributed by atoms with Crippen LogP contribution in [0.4, 0.5) is 21.9 Å². The summed E-state index contributed by atoms with van der Waals surface area (Å²) in [5.74, 6) is 0. The van der Waals surface area contributed by atoms with Crippen molar-refractivity contribution in [2.75, 3.05) is 16.4 Å². The summed E-state index contributed by atoms with van der Waals surface area (Å²) in [6.07, 6.45) is 0. The monoisotopic (exact) mass is 285 g/mol. The average Bonchev–Trinajstić information content (AvgIpc) is 2.48. The number of hydrogen-bond donors (Lipinski definition) is 3. The van der Waals surface area contributed by atoms with Crippen LogP contribution in [0, 0.1) is 13.8 Å². The lowest BCUT2D eigenvalue weighted by molar-refractivity contribution is 0.262. The molecule has 2 rings (SSSR count). The number of urea groups is 1. The maximum atomic E-state index is 11.9. The van der Waals surface area contributed by atoms with Crippen LogP contribution in [-0.2, 0) is 0 Å². The molecule has 4 nitrogen and oxygen atoms in total.